The highest BCUT2D eigenvalue weighted by Crippen LogP contribution is 2.30. The molecule has 136 valence electrons. The number of aromatic nitrogens is 2. The Morgan fingerprint density at radius 2 is 2.04 bits per heavy atom. The van der Waals surface area contributed by atoms with Crippen LogP contribution in [0.25, 0.3) is 0 Å². The van der Waals surface area contributed by atoms with Gasteiger partial charge in [0, 0.05) is 36.0 Å². The lowest BCUT2D eigenvalue weighted by molar-refractivity contribution is 0.0641. The number of hydrogen-bond donors (Lipinski definition) is 1. The van der Waals surface area contributed by atoms with Crippen molar-refractivity contribution in [3.8, 4) is 0 Å². The number of methoxy groups -OCH3 is 1. The SMILES string of the molecule is COC(c1ccc(Cl)cc1Cl)[C@H](C)NC(=O)c1cn(C)nc1C(F)F. The van der Waals surface area contributed by atoms with Crippen LogP contribution in [0.3, 0.4) is 0 Å². The Balaban J connectivity index is 2.22. The van der Waals surface area contributed by atoms with Crippen molar-refractivity contribution in [2.24, 2.45) is 7.05 Å². The molecule has 1 aromatic carbocycles. The molecule has 0 bridgehead atoms. The van der Waals surface area contributed by atoms with Gasteiger partial charge in [0.1, 0.15) is 11.8 Å². The molecule has 5 nitrogen and oxygen atoms in total. The molecule has 0 aliphatic rings. The summed E-state index contributed by atoms with van der Waals surface area (Å²) < 4.78 is 32.6. The topological polar surface area (TPSA) is 56.1 Å². The predicted molar refractivity (Wildman–Crippen MR) is 91.3 cm³/mol. The van der Waals surface area contributed by atoms with Gasteiger partial charge in [-0.15, -0.1) is 0 Å². The highest BCUT2D eigenvalue weighted by molar-refractivity contribution is 6.35. The summed E-state index contributed by atoms with van der Waals surface area (Å²) in [6.07, 6.45) is -2.18. The van der Waals surface area contributed by atoms with E-state index >= 15 is 0 Å². The summed E-state index contributed by atoms with van der Waals surface area (Å²) in [6.45, 7) is 1.69. The maximum Gasteiger partial charge on any atom is 0.282 e. The first-order chi connectivity index (χ1) is 11.7. The Bertz CT molecular complexity index is 768. The number of rotatable bonds is 6. The van der Waals surface area contributed by atoms with Crippen LogP contribution in [-0.2, 0) is 11.8 Å². The zero-order valence-electron chi connectivity index (χ0n) is 13.8. The molecule has 0 saturated heterocycles. The third-order valence-electron chi connectivity index (χ3n) is 3.64. The highest BCUT2D eigenvalue weighted by atomic mass is 35.5. The third-order valence-corrected chi connectivity index (χ3v) is 4.21. The second-order valence-corrected chi connectivity index (χ2v) is 6.33. The largest absolute Gasteiger partial charge is 0.375 e. The monoisotopic (exact) mass is 391 g/mol. The van der Waals surface area contributed by atoms with Gasteiger partial charge in [-0.2, -0.15) is 5.10 Å². The van der Waals surface area contributed by atoms with Crippen LogP contribution in [-0.4, -0.2) is 28.8 Å². The number of alkyl halides is 2. The van der Waals surface area contributed by atoms with Crippen LogP contribution in [0.1, 0.15) is 41.1 Å². The zero-order valence-corrected chi connectivity index (χ0v) is 15.3. The first-order valence-corrected chi connectivity index (χ1v) is 8.10. The minimum absolute atomic E-state index is 0.179. The molecule has 2 aromatic rings. The van der Waals surface area contributed by atoms with Crippen molar-refractivity contribution >= 4 is 29.1 Å². The van der Waals surface area contributed by atoms with Gasteiger partial charge in [0.15, 0.2) is 0 Å². The molecule has 0 fully saturated rings. The van der Waals surface area contributed by atoms with Gasteiger partial charge in [0.2, 0.25) is 0 Å². The first kappa shape index (κ1) is 19.6. The van der Waals surface area contributed by atoms with E-state index in [9.17, 15) is 13.6 Å². The maximum absolute atomic E-state index is 13.0. The van der Waals surface area contributed by atoms with Crippen LogP contribution >= 0.6 is 23.2 Å². The van der Waals surface area contributed by atoms with E-state index in [1.807, 2.05) is 0 Å². The highest BCUT2D eigenvalue weighted by Gasteiger charge is 2.27. The van der Waals surface area contributed by atoms with E-state index in [2.05, 4.69) is 10.4 Å². The molecule has 0 aliphatic carbocycles. The Labute approximate surface area is 153 Å². The third kappa shape index (κ3) is 4.48. The normalized spacial score (nSPS) is 13.8. The minimum Gasteiger partial charge on any atom is -0.375 e. The molecule has 1 N–H and O–H groups in total. The summed E-state index contributed by atoms with van der Waals surface area (Å²) in [5, 5.41) is 7.13. The number of carbonyl (C=O) groups excluding carboxylic acids is 1. The fourth-order valence-electron chi connectivity index (χ4n) is 2.53. The predicted octanol–water partition coefficient (Wildman–Crippen LogP) is 4.17. The van der Waals surface area contributed by atoms with Crippen LogP contribution < -0.4 is 5.32 Å². The van der Waals surface area contributed by atoms with Gasteiger partial charge in [0.25, 0.3) is 12.3 Å². The molecule has 1 unspecified atom stereocenters. The molecule has 0 aliphatic heterocycles. The lowest BCUT2D eigenvalue weighted by Crippen LogP contribution is -2.38. The Morgan fingerprint density at radius 3 is 2.60 bits per heavy atom. The summed E-state index contributed by atoms with van der Waals surface area (Å²) in [4.78, 5) is 12.4. The first-order valence-electron chi connectivity index (χ1n) is 7.34. The van der Waals surface area contributed by atoms with Crippen LogP contribution in [0, 0.1) is 0 Å². The summed E-state index contributed by atoms with van der Waals surface area (Å²) in [5.41, 5.74) is -0.117. The van der Waals surface area contributed by atoms with Crippen LogP contribution in [0.15, 0.2) is 24.4 Å². The van der Waals surface area contributed by atoms with Gasteiger partial charge < -0.3 is 10.1 Å². The van der Waals surface area contributed by atoms with Gasteiger partial charge in [-0.05, 0) is 19.1 Å². The van der Waals surface area contributed by atoms with E-state index in [0.29, 0.717) is 15.6 Å². The molecule has 1 heterocycles. The number of benzene rings is 1. The summed E-state index contributed by atoms with van der Waals surface area (Å²) >= 11 is 12.1. The van der Waals surface area contributed by atoms with Gasteiger partial charge >= 0.3 is 0 Å². The minimum atomic E-state index is -2.85. The van der Waals surface area contributed by atoms with E-state index in [1.165, 1.54) is 25.0 Å². The van der Waals surface area contributed by atoms with Gasteiger partial charge in [0.05, 0.1) is 11.6 Å². The fraction of sp³-hybridized carbons (Fsp3) is 0.375. The maximum atomic E-state index is 13.0. The molecule has 1 amide bonds. The van der Waals surface area contributed by atoms with E-state index in [1.54, 1.807) is 25.1 Å². The fourth-order valence-corrected chi connectivity index (χ4v) is 3.05. The molecule has 2 atom stereocenters. The molecule has 2 rings (SSSR count). The number of carbonyl (C=O) groups is 1. The van der Waals surface area contributed by atoms with E-state index < -0.39 is 30.2 Å². The van der Waals surface area contributed by atoms with Crippen LogP contribution in [0.4, 0.5) is 8.78 Å². The molecule has 0 radical (unpaired) electrons. The molecule has 0 saturated carbocycles. The molecular weight excluding hydrogens is 375 g/mol. The lowest BCUT2D eigenvalue weighted by atomic mass is 10.0. The van der Waals surface area contributed by atoms with Crippen LogP contribution in [0.2, 0.25) is 10.0 Å². The average Bonchev–Trinajstić information content (AvgIpc) is 2.92. The second-order valence-electron chi connectivity index (χ2n) is 5.49. The molecule has 1 aromatic heterocycles. The smallest absolute Gasteiger partial charge is 0.282 e. The second kappa shape index (κ2) is 8.12. The number of hydrogen-bond acceptors (Lipinski definition) is 3. The van der Waals surface area contributed by atoms with Crippen molar-refractivity contribution in [1.82, 2.24) is 15.1 Å². The van der Waals surface area contributed by atoms with E-state index in [0.717, 1.165) is 0 Å². The van der Waals surface area contributed by atoms with Crippen LogP contribution in [0.5, 0.6) is 0 Å². The Hall–Kier alpha value is -1.70. The quantitative estimate of drug-likeness (QED) is 0.803. The summed E-state index contributed by atoms with van der Waals surface area (Å²) in [5.74, 6) is -0.664. The van der Waals surface area contributed by atoms with Crippen molar-refractivity contribution in [2.75, 3.05) is 7.11 Å². The average molecular weight is 392 g/mol. The summed E-state index contributed by atoms with van der Waals surface area (Å²) in [6, 6.07) is 4.37. The zero-order chi connectivity index (χ0) is 18.7. The molecule has 25 heavy (non-hydrogen) atoms. The van der Waals surface area contributed by atoms with Gasteiger partial charge in [-0.25, -0.2) is 8.78 Å². The summed E-state index contributed by atoms with van der Waals surface area (Å²) in [7, 11) is 2.93. The Kier molecular flexibility index (Phi) is 6.37. The molecular formula is C16H17Cl2F2N3O2. The van der Waals surface area contributed by atoms with Crippen molar-refractivity contribution < 1.29 is 18.3 Å². The number of aryl methyl sites for hydroxylation is 1. The van der Waals surface area contributed by atoms with E-state index in [4.69, 9.17) is 27.9 Å². The molecule has 0 spiro atoms. The number of nitrogens with one attached hydrogen (secondary N) is 1. The van der Waals surface area contributed by atoms with Crippen molar-refractivity contribution in [1.29, 1.82) is 0 Å². The number of ether oxygens (including phenoxy) is 1. The van der Waals surface area contributed by atoms with Crippen molar-refractivity contribution in [3.05, 3.63) is 51.3 Å². The Morgan fingerprint density at radius 1 is 1.36 bits per heavy atom. The number of nitrogens with zero attached hydrogens (tertiary/aromatic N) is 2. The number of amides is 1. The van der Waals surface area contributed by atoms with Crippen molar-refractivity contribution in [3.63, 3.8) is 0 Å². The van der Waals surface area contributed by atoms with E-state index in [-0.39, 0.29) is 5.56 Å². The van der Waals surface area contributed by atoms with Gasteiger partial charge in [-0.3, -0.25) is 9.48 Å². The molecule has 9 heteroatoms. The van der Waals surface area contributed by atoms with Crippen molar-refractivity contribution in [2.45, 2.75) is 25.5 Å². The number of halogens is 4. The van der Waals surface area contributed by atoms with Gasteiger partial charge in [-0.1, -0.05) is 29.3 Å². The lowest BCUT2D eigenvalue weighted by Gasteiger charge is -2.25. The standard InChI is InChI=1S/C16H17Cl2F2N3O2/c1-8(14(25-3)10-5-4-9(17)6-12(10)18)21-16(24)11-7-23(2)22-13(11)15(19)20/h4-8,14-15H,1-3H3,(H,21,24)/t8-,14?/m0/s1.